The zero-order valence-corrected chi connectivity index (χ0v) is 11.5. The van der Waals surface area contributed by atoms with Gasteiger partial charge in [0.05, 0.1) is 0 Å². The zero-order chi connectivity index (χ0) is 14.9. The molecule has 2 rings (SSSR count). The van der Waals surface area contributed by atoms with E-state index in [4.69, 9.17) is 10.9 Å². The number of anilines is 1. The Morgan fingerprint density at radius 2 is 2.20 bits per heavy atom. The molecule has 0 bridgehead atoms. The third-order valence-corrected chi connectivity index (χ3v) is 3.90. The van der Waals surface area contributed by atoms with Gasteiger partial charge >= 0.3 is 0 Å². The molecule has 5 nitrogen and oxygen atoms in total. The number of halogens is 1. The van der Waals surface area contributed by atoms with Gasteiger partial charge in [-0.3, -0.25) is 4.79 Å². The van der Waals surface area contributed by atoms with Gasteiger partial charge in [0.1, 0.15) is 11.2 Å². The molecule has 1 aromatic rings. The normalized spacial score (nSPS) is 25.9. The Labute approximate surface area is 116 Å². The van der Waals surface area contributed by atoms with Crippen LogP contribution in [-0.2, 0) is 4.79 Å². The summed E-state index contributed by atoms with van der Waals surface area (Å²) in [7, 11) is 1.56. The Hall–Kier alpha value is -2.11. The first-order chi connectivity index (χ1) is 9.40. The Kier molecular flexibility index (Phi) is 3.65. The fourth-order valence-corrected chi connectivity index (χ4v) is 2.84. The van der Waals surface area contributed by atoms with E-state index in [1.54, 1.807) is 13.1 Å². The SMILES string of the molecule is CC1CC(C(=O)N(C)c2cccc(F)c2)(/C(N)=N/O)C1. The fourth-order valence-electron chi connectivity index (χ4n) is 2.84. The Morgan fingerprint density at radius 3 is 2.70 bits per heavy atom. The Balaban J connectivity index is 2.29. The van der Waals surface area contributed by atoms with Gasteiger partial charge in [-0.15, -0.1) is 0 Å². The number of oxime groups is 1. The van der Waals surface area contributed by atoms with Crippen molar-refractivity contribution in [1.29, 1.82) is 0 Å². The third-order valence-electron chi connectivity index (χ3n) is 3.90. The molecule has 1 fully saturated rings. The van der Waals surface area contributed by atoms with Crippen LogP contribution in [0.15, 0.2) is 29.4 Å². The average molecular weight is 279 g/mol. The van der Waals surface area contributed by atoms with E-state index in [0.717, 1.165) is 0 Å². The van der Waals surface area contributed by atoms with Gasteiger partial charge in [0.25, 0.3) is 0 Å². The lowest BCUT2D eigenvalue weighted by Crippen LogP contribution is -2.57. The molecule has 1 saturated carbocycles. The molecular weight excluding hydrogens is 261 g/mol. The molecule has 0 aromatic heterocycles. The van der Waals surface area contributed by atoms with Crippen molar-refractivity contribution >= 4 is 17.4 Å². The van der Waals surface area contributed by atoms with Crippen LogP contribution in [0, 0.1) is 17.2 Å². The highest BCUT2D eigenvalue weighted by atomic mass is 19.1. The molecule has 0 spiro atoms. The summed E-state index contributed by atoms with van der Waals surface area (Å²) in [6.07, 6.45) is 1.06. The predicted octanol–water partition coefficient (Wildman–Crippen LogP) is 1.95. The van der Waals surface area contributed by atoms with Gasteiger partial charge in [-0.05, 0) is 37.0 Å². The number of amides is 1. The van der Waals surface area contributed by atoms with E-state index in [0.29, 0.717) is 24.4 Å². The van der Waals surface area contributed by atoms with Crippen LogP contribution in [0.5, 0.6) is 0 Å². The minimum Gasteiger partial charge on any atom is -0.409 e. The summed E-state index contributed by atoms with van der Waals surface area (Å²) in [4.78, 5) is 14.0. The molecule has 0 aliphatic heterocycles. The number of hydrogen-bond donors (Lipinski definition) is 2. The van der Waals surface area contributed by atoms with Crippen LogP contribution < -0.4 is 10.6 Å². The molecule has 0 heterocycles. The minimum absolute atomic E-state index is 0.0798. The van der Waals surface area contributed by atoms with Crippen LogP contribution in [-0.4, -0.2) is 24.0 Å². The summed E-state index contributed by atoms with van der Waals surface area (Å²) in [6.45, 7) is 2.00. The lowest BCUT2D eigenvalue weighted by atomic mass is 9.61. The van der Waals surface area contributed by atoms with Crippen LogP contribution in [0.2, 0.25) is 0 Å². The van der Waals surface area contributed by atoms with Crippen molar-refractivity contribution in [3.8, 4) is 0 Å². The second-order valence-electron chi connectivity index (χ2n) is 5.42. The molecule has 108 valence electrons. The lowest BCUT2D eigenvalue weighted by Gasteiger charge is -2.45. The van der Waals surface area contributed by atoms with E-state index in [1.807, 2.05) is 6.92 Å². The van der Waals surface area contributed by atoms with Crippen LogP contribution >= 0.6 is 0 Å². The number of benzene rings is 1. The van der Waals surface area contributed by atoms with E-state index in [9.17, 15) is 9.18 Å². The zero-order valence-electron chi connectivity index (χ0n) is 11.5. The van der Waals surface area contributed by atoms with Crippen molar-refractivity contribution in [3.05, 3.63) is 30.1 Å². The second kappa shape index (κ2) is 5.11. The van der Waals surface area contributed by atoms with E-state index in [-0.39, 0.29) is 11.7 Å². The molecule has 1 aliphatic carbocycles. The summed E-state index contributed by atoms with van der Waals surface area (Å²) in [5.74, 6) is -0.442. The second-order valence-corrected chi connectivity index (χ2v) is 5.42. The smallest absolute Gasteiger partial charge is 0.240 e. The molecule has 0 saturated heterocycles. The van der Waals surface area contributed by atoms with E-state index in [1.165, 1.54) is 23.1 Å². The highest BCUT2D eigenvalue weighted by molar-refractivity contribution is 6.13. The summed E-state index contributed by atoms with van der Waals surface area (Å²) in [5.41, 5.74) is 5.17. The van der Waals surface area contributed by atoms with Crippen molar-refractivity contribution in [1.82, 2.24) is 0 Å². The number of nitrogens with zero attached hydrogens (tertiary/aromatic N) is 2. The van der Waals surface area contributed by atoms with Gasteiger partial charge in [-0.25, -0.2) is 4.39 Å². The molecule has 1 aliphatic rings. The first-order valence-electron chi connectivity index (χ1n) is 6.42. The van der Waals surface area contributed by atoms with E-state index in [2.05, 4.69) is 5.16 Å². The number of nitrogens with two attached hydrogens (primary N) is 1. The molecule has 0 atom stereocenters. The molecule has 1 aromatic carbocycles. The molecule has 6 heteroatoms. The van der Waals surface area contributed by atoms with Gasteiger partial charge in [0.2, 0.25) is 5.91 Å². The maximum absolute atomic E-state index is 13.2. The van der Waals surface area contributed by atoms with Crippen LogP contribution in [0.1, 0.15) is 19.8 Å². The quantitative estimate of drug-likeness (QED) is 0.384. The summed E-state index contributed by atoms with van der Waals surface area (Å²) in [6, 6.07) is 5.77. The number of amidine groups is 1. The average Bonchev–Trinajstić information content (AvgIpc) is 2.41. The van der Waals surface area contributed by atoms with Crippen LogP contribution in [0.25, 0.3) is 0 Å². The van der Waals surface area contributed by atoms with Gasteiger partial charge in [-0.2, -0.15) is 0 Å². The molecule has 0 radical (unpaired) electrons. The third kappa shape index (κ3) is 2.21. The summed E-state index contributed by atoms with van der Waals surface area (Å²) in [5, 5.41) is 11.9. The highest BCUT2D eigenvalue weighted by Gasteiger charge is 2.53. The monoisotopic (exact) mass is 279 g/mol. The Bertz CT molecular complexity index is 553. The molecule has 0 unspecified atom stereocenters. The molecule has 20 heavy (non-hydrogen) atoms. The van der Waals surface area contributed by atoms with Gasteiger partial charge < -0.3 is 15.8 Å². The number of hydrogen-bond acceptors (Lipinski definition) is 3. The summed E-state index contributed by atoms with van der Waals surface area (Å²) < 4.78 is 13.2. The van der Waals surface area contributed by atoms with Crippen molar-refractivity contribution in [2.45, 2.75) is 19.8 Å². The van der Waals surface area contributed by atoms with E-state index >= 15 is 0 Å². The topological polar surface area (TPSA) is 78.9 Å². The molecule has 1 amide bonds. The standard InChI is InChI=1S/C14H18FN3O2/c1-9-7-14(8-9,12(16)17-20)13(19)18(2)11-5-3-4-10(15)6-11/h3-6,9,20H,7-8H2,1-2H3,(H2,16,17). The lowest BCUT2D eigenvalue weighted by molar-refractivity contribution is -0.130. The molecular formula is C14H18FN3O2. The maximum Gasteiger partial charge on any atom is 0.240 e. The number of carbonyl (C=O) groups excluding carboxylic acids is 1. The van der Waals surface area contributed by atoms with Gasteiger partial charge in [0, 0.05) is 12.7 Å². The number of carbonyl (C=O) groups is 1. The molecule has 3 N–H and O–H groups in total. The summed E-state index contributed by atoms with van der Waals surface area (Å²) >= 11 is 0. The van der Waals surface area contributed by atoms with E-state index < -0.39 is 11.2 Å². The van der Waals surface area contributed by atoms with Crippen molar-refractivity contribution in [2.75, 3.05) is 11.9 Å². The van der Waals surface area contributed by atoms with Crippen molar-refractivity contribution < 1.29 is 14.4 Å². The van der Waals surface area contributed by atoms with Crippen molar-refractivity contribution in [3.63, 3.8) is 0 Å². The van der Waals surface area contributed by atoms with Crippen molar-refractivity contribution in [2.24, 2.45) is 22.2 Å². The fraction of sp³-hybridized carbons (Fsp3) is 0.429. The first kappa shape index (κ1) is 14.3. The Morgan fingerprint density at radius 1 is 1.55 bits per heavy atom. The highest BCUT2D eigenvalue weighted by Crippen LogP contribution is 2.47. The largest absolute Gasteiger partial charge is 0.409 e. The minimum atomic E-state index is -0.977. The maximum atomic E-state index is 13.2. The number of rotatable bonds is 3. The van der Waals surface area contributed by atoms with Gasteiger partial charge in [-0.1, -0.05) is 18.1 Å². The van der Waals surface area contributed by atoms with Crippen LogP contribution in [0.3, 0.4) is 0 Å². The first-order valence-corrected chi connectivity index (χ1v) is 6.42. The predicted molar refractivity (Wildman–Crippen MR) is 74.0 cm³/mol. The van der Waals surface area contributed by atoms with Gasteiger partial charge in [0.15, 0.2) is 5.84 Å². The van der Waals surface area contributed by atoms with Crippen LogP contribution in [0.4, 0.5) is 10.1 Å².